The van der Waals surface area contributed by atoms with Gasteiger partial charge in [-0.05, 0) is 50.0 Å². The number of hydrogen-bond acceptors (Lipinski definition) is 4. The molecule has 1 aliphatic carbocycles. The van der Waals surface area contributed by atoms with Crippen molar-refractivity contribution in [3.63, 3.8) is 0 Å². The lowest BCUT2D eigenvalue weighted by molar-refractivity contribution is 0.241. The van der Waals surface area contributed by atoms with Gasteiger partial charge in [0, 0.05) is 31.0 Å². The zero-order valence-corrected chi connectivity index (χ0v) is 13.2. The van der Waals surface area contributed by atoms with Crippen LogP contribution in [0.25, 0.3) is 0 Å². The minimum absolute atomic E-state index is 0.220. The van der Waals surface area contributed by atoms with Gasteiger partial charge in [-0.25, -0.2) is 9.97 Å². The first kappa shape index (κ1) is 14.8. The number of nitrogens with two attached hydrogens (primary N) is 1. The molecule has 21 heavy (non-hydrogen) atoms. The van der Waals surface area contributed by atoms with Crippen LogP contribution in [0.3, 0.4) is 0 Å². The molecule has 116 valence electrons. The van der Waals surface area contributed by atoms with Crippen molar-refractivity contribution in [1.29, 1.82) is 0 Å². The fourth-order valence-corrected chi connectivity index (χ4v) is 3.92. The summed E-state index contributed by atoms with van der Waals surface area (Å²) in [7, 11) is 0. The fraction of sp³-hybridized carbons (Fsp3) is 0.765. The molecule has 1 unspecified atom stereocenters. The summed E-state index contributed by atoms with van der Waals surface area (Å²) in [5.74, 6) is 1.80. The molecule has 3 rings (SSSR count). The number of aromatic nitrogens is 2. The molecule has 4 nitrogen and oxygen atoms in total. The molecule has 0 aromatic carbocycles. The number of nitrogens with zero attached hydrogens (tertiary/aromatic N) is 3. The van der Waals surface area contributed by atoms with Crippen molar-refractivity contribution >= 4 is 5.95 Å². The van der Waals surface area contributed by atoms with Crippen molar-refractivity contribution in [3.8, 4) is 0 Å². The van der Waals surface area contributed by atoms with Crippen LogP contribution in [0, 0.1) is 5.92 Å². The summed E-state index contributed by atoms with van der Waals surface area (Å²) in [6, 6.07) is 0.897. The molecule has 1 saturated carbocycles. The van der Waals surface area contributed by atoms with Crippen LogP contribution in [0.15, 0.2) is 12.4 Å². The lowest BCUT2D eigenvalue weighted by Crippen LogP contribution is -2.47. The van der Waals surface area contributed by atoms with E-state index in [2.05, 4.69) is 21.8 Å². The standard InChI is InChI=1S/C17H28N4/c1-2-15(18)10-13-11-19-17(20-12-13)21-9-5-7-14-6-3-4-8-16(14)21/h11-12,14-16H,2-10,18H2,1H3/t14-,15?,16-/m1/s1. The summed E-state index contributed by atoms with van der Waals surface area (Å²) in [5.41, 5.74) is 7.16. The number of rotatable bonds is 4. The van der Waals surface area contributed by atoms with Crippen LogP contribution in [0.4, 0.5) is 5.95 Å². The molecule has 2 heterocycles. The Balaban J connectivity index is 1.70. The summed E-state index contributed by atoms with van der Waals surface area (Å²) < 4.78 is 0. The summed E-state index contributed by atoms with van der Waals surface area (Å²) in [6.07, 6.45) is 14.0. The van der Waals surface area contributed by atoms with Gasteiger partial charge in [0.25, 0.3) is 0 Å². The Morgan fingerprint density at radius 3 is 2.67 bits per heavy atom. The molecule has 2 fully saturated rings. The van der Waals surface area contributed by atoms with E-state index in [9.17, 15) is 0 Å². The average Bonchev–Trinajstić information content (AvgIpc) is 2.55. The second-order valence-corrected chi connectivity index (χ2v) is 6.71. The number of fused-ring (bicyclic) bond motifs is 1. The molecule has 0 radical (unpaired) electrons. The van der Waals surface area contributed by atoms with Gasteiger partial charge in [-0.2, -0.15) is 0 Å². The van der Waals surface area contributed by atoms with E-state index in [-0.39, 0.29) is 6.04 Å². The van der Waals surface area contributed by atoms with Gasteiger partial charge in [0.1, 0.15) is 0 Å². The van der Waals surface area contributed by atoms with Crippen molar-refractivity contribution in [2.24, 2.45) is 11.7 Å². The van der Waals surface area contributed by atoms with Gasteiger partial charge in [0.15, 0.2) is 0 Å². The van der Waals surface area contributed by atoms with Crippen LogP contribution in [-0.4, -0.2) is 28.6 Å². The summed E-state index contributed by atoms with van der Waals surface area (Å²) >= 11 is 0. The Bertz CT molecular complexity index is 443. The smallest absolute Gasteiger partial charge is 0.225 e. The normalized spacial score (nSPS) is 27.2. The van der Waals surface area contributed by atoms with Gasteiger partial charge in [0.2, 0.25) is 5.95 Å². The third-order valence-electron chi connectivity index (χ3n) is 5.21. The molecule has 3 atom stereocenters. The van der Waals surface area contributed by atoms with Crippen molar-refractivity contribution < 1.29 is 0 Å². The predicted molar refractivity (Wildman–Crippen MR) is 86.3 cm³/mol. The minimum Gasteiger partial charge on any atom is -0.338 e. The Morgan fingerprint density at radius 1 is 1.19 bits per heavy atom. The Kier molecular flexibility index (Phi) is 4.73. The molecule has 1 saturated heterocycles. The summed E-state index contributed by atoms with van der Waals surface area (Å²) in [5, 5.41) is 0. The topological polar surface area (TPSA) is 55.0 Å². The Morgan fingerprint density at radius 2 is 1.90 bits per heavy atom. The molecule has 1 aromatic rings. The van der Waals surface area contributed by atoms with Gasteiger partial charge < -0.3 is 10.6 Å². The number of anilines is 1. The average molecular weight is 288 g/mol. The van der Waals surface area contributed by atoms with Gasteiger partial charge >= 0.3 is 0 Å². The van der Waals surface area contributed by atoms with Crippen LogP contribution in [0.1, 0.15) is 57.4 Å². The van der Waals surface area contributed by atoms with Crippen LogP contribution in [-0.2, 0) is 6.42 Å². The zero-order chi connectivity index (χ0) is 14.7. The van der Waals surface area contributed by atoms with E-state index >= 15 is 0 Å². The molecule has 2 aliphatic rings. The van der Waals surface area contributed by atoms with E-state index < -0.39 is 0 Å². The Hall–Kier alpha value is -1.16. The van der Waals surface area contributed by atoms with Gasteiger partial charge in [0.05, 0.1) is 0 Å². The van der Waals surface area contributed by atoms with Crippen molar-refractivity contribution in [2.75, 3.05) is 11.4 Å². The first-order chi connectivity index (χ1) is 10.3. The summed E-state index contributed by atoms with van der Waals surface area (Å²) in [4.78, 5) is 11.7. The van der Waals surface area contributed by atoms with Crippen molar-refractivity contribution in [1.82, 2.24) is 9.97 Å². The maximum absolute atomic E-state index is 6.01. The highest BCUT2D eigenvalue weighted by atomic mass is 15.3. The van der Waals surface area contributed by atoms with Gasteiger partial charge in [-0.15, -0.1) is 0 Å². The Labute approximate surface area is 128 Å². The molecule has 2 N–H and O–H groups in total. The number of hydrogen-bond donors (Lipinski definition) is 1. The lowest BCUT2D eigenvalue weighted by Gasteiger charge is -2.44. The van der Waals surface area contributed by atoms with Crippen molar-refractivity contribution in [2.45, 2.75) is 70.4 Å². The van der Waals surface area contributed by atoms with Crippen molar-refractivity contribution in [3.05, 3.63) is 18.0 Å². The first-order valence-corrected chi connectivity index (χ1v) is 8.61. The van der Waals surface area contributed by atoms with Crippen LogP contribution in [0.5, 0.6) is 0 Å². The monoisotopic (exact) mass is 288 g/mol. The third-order valence-corrected chi connectivity index (χ3v) is 5.21. The van der Waals surface area contributed by atoms with E-state index in [4.69, 9.17) is 5.73 Å². The SMILES string of the molecule is CCC(N)Cc1cnc(N2CCC[C@H]3CCCC[C@H]32)nc1. The number of piperidine rings is 1. The molecule has 1 aromatic heterocycles. The molecule has 0 spiro atoms. The first-order valence-electron chi connectivity index (χ1n) is 8.61. The second-order valence-electron chi connectivity index (χ2n) is 6.71. The molecular weight excluding hydrogens is 260 g/mol. The van der Waals surface area contributed by atoms with Gasteiger partial charge in [-0.1, -0.05) is 19.8 Å². The molecule has 1 aliphatic heterocycles. The predicted octanol–water partition coefficient (Wildman–Crippen LogP) is 2.92. The zero-order valence-electron chi connectivity index (χ0n) is 13.2. The minimum atomic E-state index is 0.220. The van der Waals surface area contributed by atoms with Gasteiger partial charge in [-0.3, -0.25) is 0 Å². The summed E-state index contributed by atoms with van der Waals surface area (Å²) in [6.45, 7) is 3.24. The molecular formula is C17H28N4. The van der Waals surface area contributed by atoms with E-state index in [1.165, 1.54) is 38.5 Å². The molecule has 0 bridgehead atoms. The highest BCUT2D eigenvalue weighted by molar-refractivity contribution is 5.33. The third kappa shape index (κ3) is 3.37. The quantitative estimate of drug-likeness (QED) is 0.925. The van der Waals surface area contributed by atoms with E-state index in [1.54, 1.807) is 0 Å². The highest BCUT2D eigenvalue weighted by Crippen LogP contribution is 2.36. The molecule has 4 heteroatoms. The largest absolute Gasteiger partial charge is 0.338 e. The molecule has 0 amide bonds. The van der Waals surface area contributed by atoms with Crippen LogP contribution < -0.4 is 10.6 Å². The lowest BCUT2D eigenvalue weighted by atomic mass is 9.78. The fourth-order valence-electron chi connectivity index (χ4n) is 3.92. The second kappa shape index (κ2) is 6.73. The van der Waals surface area contributed by atoms with E-state index in [1.807, 2.05) is 12.4 Å². The van der Waals surface area contributed by atoms with Crippen LogP contribution >= 0.6 is 0 Å². The van der Waals surface area contributed by atoms with E-state index in [0.717, 1.165) is 36.8 Å². The maximum Gasteiger partial charge on any atom is 0.225 e. The maximum atomic E-state index is 6.01. The highest BCUT2D eigenvalue weighted by Gasteiger charge is 2.34. The van der Waals surface area contributed by atoms with Crippen LogP contribution in [0.2, 0.25) is 0 Å². The van der Waals surface area contributed by atoms with E-state index in [0.29, 0.717) is 6.04 Å².